The summed E-state index contributed by atoms with van der Waals surface area (Å²) in [4.78, 5) is -0.0395. The van der Waals surface area contributed by atoms with Crippen LogP contribution in [0.25, 0.3) is 0 Å². The highest BCUT2D eigenvalue weighted by atomic mass is 19.4. The van der Waals surface area contributed by atoms with Crippen molar-refractivity contribution in [3.8, 4) is 0 Å². The summed E-state index contributed by atoms with van der Waals surface area (Å²) >= 11 is 0. The van der Waals surface area contributed by atoms with Crippen LogP contribution in [0.5, 0.6) is 0 Å². The number of alkyl halides is 7. The van der Waals surface area contributed by atoms with E-state index in [1.807, 2.05) is 0 Å². The van der Waals surface area contributed by atoms with Crippen molar-refractivity contribution < 1.29 is 30.7 Å². The topological polar surface area (TPSA) is 6.48 Å². The van der Waals surface area contributed by atoms with Gasteiger partial charge in [0.2, 0.25) is 0 Å². The molecule has 0 aliphatic carbocycles. The Morgan fingerprint density at radius 1 is 1.12 bits per heavy atom. The molecule has 0 fully saturated rings. The molecule has 0 amide bonds. The summed E-state index contributed by atoms with van der Waals surface area (Å²) in [7, 11) is 1.03. The van der Waals surface area contributed by atoms with Crippen LogP contribution in [0.15, 0.2) is 12.4 Å². The Hall–Kier alpha value is -1.15. The van der Waals surface area contributed by atoms with E-state index in [2.05, 4.69) is 0 Å². The van der Waals surface area contributed by atoms with E-state index in [0.29, 0.717) is 11.1 Å². The first-order chi connectivity index (χ1) is 7.08. The van der Waals surface area contributed by atoms with Crippen LogP contribution in [0.4, 0.5) is 30.7 Å². The lowest BCUT2D eigenvalue weighted by atomic mass is 10.3. The van der Waals surface area contributed by atoms with Gasteiger partial charge >= 0.3 is 12.2 Å². The van der Waals surface area contributed by atoms with Gasteiger partial charge in [0, 0.05) is 19.4 Å². The highest BCUT2D eigenvalue weighted by molar-refractivity contribution is 4.98. The minimum absolute atomic E-state index is 0.364. The van der Waals surface area contributed by atoms with Crippen LogP contribution < -0.4 is 0 Å². The molecule has 0 aromatic heterocycles. The Kier molecular flexibility index (Phi) is 2.99. The molecule has 1 heterocycles. The number of halogens is 7. The molecule has 1 rings (SSSR count). The van der Waals surface area contributed by atoms with E-state index < -0.39 is 29.7 Å². The second-order valence-electron chi connectivity index (χ2n) is 3.17. The van der Waals surface area contributed by atoms with Gasteiger partial charge in [-0.15, -0.1) is 0 Å². The molecular formula is C7H7F7N2. The maximum absolute atomic E-state index is 13.0. The van der Waals surface area contributed by atoms with E-state index in [4.69, 9.17) is 0 Å². The van der Waals surface area contributed by atoms with E-state index in [1.54, 1.807) is 0 Å². The maximum atomic E-state index is 13.0. The molecule has 0 spiro atoms. The van der Waals surface area contributed by atoms with Crippen LogP contribution >= 0.6 is 0 Å². The number of rotatable bonds is 2. The molecule has 0 N–H and O–H groups in total. The SMILES string of the molecule is CN1C=CN(C(F)(F)C(F)C(F)(F)F)C1F. The fourth-order valence-corrected chi connectivity index (χ4v) is 1.08. The number of hydrogen-bond donors (Lipinski definition) is 0. The van der Waals surface area contributed by atoms with Crippen molar-refractivity contribution in [1.82, 2.24) is 9.80 Å². The zero-order valence-electron chi connectivity index (χ0n) is 7.85. The molecule has 2 nitrogen and oxygen atoms in total. The van der Waals surface area contributed by atoms with Gasteiger partial charge in [-0.05, 0) is 0 Å². The molecule has 0 bridgehead atoms. The molecule has 0 saturated carbocycles. The molecule has 0 aromatic carbocycles. The molecule has 1 aliphatic rings. The van der Waals surface area contributed by atoms with Crippen molar-refractivity contribution in [1.29, 1.82) is 0 Å². The second-order valence-corrected chi connectivity index (χ2v) is 3.17. The third-order valence-electron chi connectivity index (χ3n) is 1.96. The Bertz CT molecular complexity index is 287. The Morgan fingerprint density at radius 2 is 1.62 bits per heavy atom. The van der Waals surface area contributed by atoms with E-state index >= 15 is 0 Å². The summed E-state index contributed by atoms with van der Waals surface area (Å²) in [5, 5.41) is 0. The quantitative estimate of drug-likeness (QED) is 0.550. The lowest BCUT2D eigenvalue weighted by Gasteiger charge is -2.33. The van der Waals surface area contributed by atoms with Gasteiger partial charge in [-0.3, -0.25) is 4.90 Å². The lowest BCUT2D eigenvalue weighted by molar-refractivity contribution is -0.295. The van der Waals surface area contributed by atoms with Crippen molar-refractivity contribution in [3.05, 3.63) is 12.4 Å². The van der Waals surface area contributed by atoms with Crippen LogP contribution in [-0.2, 0) is 0 Å². The van der Waals surface area contributed by atoms with Gasteiger partial charge in [0.1, 0.15) is 0 Å². The first kappa shape index (κ1) is 12.9. The number of hydrogen-bond acceptors (Lipinski definition) is 2. The highest BCUT2D eigenvalue weighted by Gasteiger charge is 2.61. The van der Waals surface area contributed by atoms with Gasteiger partial charge in [-0.25, -0.2) is 4.39 Å². The second kappa shape index (κ2) is 3.70. The van der Waals surface area contributed by atoms with E-state index in [0.717, 1.165) is 13.2 Å². The summed E-state index contributed by atoms with van der Waals surface area (Å²) in [6.07, 6.45) is -11.6. The zero-order valence-corrected chi connectivity index (χ0v) is 7.85. The predicted octanol–water partition coefficient (Wildman–Crippen LogP) is 2.45. The summed E-state index contributed by atoms with van der Waals surface area (Å²) < 4.78 is 86.8. The van der Waals surface area contributed by atoms with Gasteiger partial charge in [0.25, 0.3) is 12.6 Å². The smallest absolute Gasteiger partial charge is 0.333 e. The molecule has 9 heteroatoms. The summed E-state index contributed by atoms with van der Waals surface area (Å²) in [6, 6.07) is -4.99. The van der Waals surface area contributed by atoms with Crippen molar-refractivity contribution in [3.63, 3.8) is 0 Å². The third kappa shape index (κ3) is 2.03. The van der Waals surface area contributed by atoms with Crippen LogP contribution in [0.3, 0.4) is 0 Å². The average molecular weight is 252 g/mol. The molecular weight excluding hydrogens is 245 g/mol. The van der Waals surface area contributed by atoms with Gasteiger partial charge in [0.05, 0.1) is 0 Å². The fourth-order valence-electron chi connectivity index (χ4n) is 1.08. The third-order valence-corrected chi connectivity index (χ3v) is 1.96. The van der Waals surface area contributed by atoms with Crippen molar-refractivity contribution in [2.75, 3.05) is 7.05 Å². The summed E-state index contributed by atoms with van der Waals surface area (Å²) in [5.74, 6) is 0. The van der Waals surface area contributed by atoms with Crippen LogP contribution in [0, 0.1) is 0 Å². The van der Waals surface area contributed by atoms with Gasteiger partial charge < -0.3 is 4.90 Å². The highest BCUT2D eigenvalue weighted by Crippen LogP contribution is 2.40. The van der Waals surface area contributed by atoms with E-state index in [-0.39, 0.29) is 0 Å². The Morgan fingerprint density at radius 3 is 1.94 bits per heavy atom. The minimum Gasteiger partial charge on any atom is -0.333 e. The van der Waals surface area contributed by atoms with Crippen molar-refractivity contribution in [2.24, 2.45) is 0 Å². The van der Waals surface area contributed by atoms with Crippen LogP contribution in [-0.4, -0.2) is 41.7 Å². The molecule has 0 radical (unpaired) electrons. The summed E-state index contributed by atoms with van der Waals surface area (Å²) in [5.41, 5.74) is 0. The van der Waals surface area contributed by atoms with Gasteiger partial charge in [0.15, 0.2) is 0 Å². The first-order valence-corrected chi connectivity index (χ1v) is 4.00. The van der Waals surface area contributed by atoms with Crippen LogP contribution in [0.1, 0.15) is 0 Å². The lowest BCUT2D eigenvalue weighted by Crippen LogP contribution is -2.54. The standard InChI is InChI=1S/C7H7F7N2/c1-15-2-3-16(5(15)9)7(13,14)4(8)6(10,11)12/h2-5H,1H3. The normalized spacial score (nSPS) is 24.1. The average Bonchev–Trinajstić information content (AvgIpc) is 2.45. The van der Waals surface area contributed by atoms with Gasteiger partial charge in [-0.1, -0.05) is 0 Å². The molecule has 0 saturated heterocycles. The van der Waals surface area contributed by atoms with Crippen molar-refractivity contribution >= 4 is 0 Å². The largest absolute Gasteiger partial charge is 0.427 e. The van der Waals surface area contributed by atoms with E-state index in [1.165, 1.54) is 0 Å². The zero-order chi connectivity index (χ0) is 12.7. The first-order valence-electron chi connectivity index (χ1n) is 4.00. The molecule has 1 aliphatic heterocycles. The molecule has 2 atom stereocenters. The van der Waals surface area contributed by atoms with Gasteiger partial charge in [-0.2, -0.15) is 26.3 Å². The van der Waals surface area contributed by atoms with Crippen LogP contribution in [0.2, 0.25) is 0 Å². The molecule has 0 aromatic rings. The summed E-state index contributed by atoms with van der Waals surface area (Å²) in [6.45, 7) is 0. The fraction of sp³-hybridized carbons (Fsp3) is 0.714. The Labute approximate surface area is 85.9 Å². The Balaban J connectivity index is 2.90. The minimum atomic E-state index is -5.75. The molecule has 16 heavy (non-hydrogen) atoms. The maximum Gasteiger partial charge on any atom is 0.427 e. The predicted molar refractivity (Wildman–Crippen MR) is 39.5 cm³/mol. The van der Waals surface area contributed by atoms with E-state index in [9.17, 15) is 30.7 Å². The van der Waals surface area contributed by atoms with Crippen molar-refractivity contribution in [2.45, 2.75) is 24.8 Å². The number of nitrogens with zero attached hydrogens (tertiary/aromatic N) is 2. The monoisotopic (exact) mass is 252 g/mol. The molecule has 94 valence electrons. The molecule has 2 unspecified atom stereocenters.